The molecular weight excluding hydrogens is 381 g/mol. The van der Waals surface area contributed by atoms with Gasteiger partial charge in [-0.15, -0.1) is 12.4 Å². The number of hydrogen-bond donors (Lipinski definition) is 2. The second kappa shape index (κ2) is 9.26. The van der Waals surface area contributed by atoms with E-state index in [0.717, 1.165) is 31.9 Å². The number of ether oxygens (including phenoxy) is 1. The molecule has 2 heterocycles. The molecule has 2 saturated heterocycles. The van der Waals surface area contributed by atoms with Crippen LogP contribution in [-0.4, -0.2) is 38.3 Å². The van der Waals surface area contributed by atoms with Crippen molar-refractivity contribution in [2.45, 2.75) is 49.7 Å². The molecule has 0 aromatic heterocycles. The summed E-state index contributed by atoms with van der Waals surface area (Å²) in [6.45, 7) is 2.11. The predicted molar refractivity (Wildman–Crippen MR) is 99.1 cm³/mol. The summed E-state index contributed by atoms with van der Waals surface area (Å²) >= 11 is 0. The van der Waals surface area contributed by atoms with Gasteiger partial charge in [0.2, 0.25) is 5.91 Å². The molecule has 2 fully saturated rings. The fourth-order valence-corrected chi connectivity index (χ4v) is 3.81. The number of benzene rings is 1. The molecule has 0 radical (unpaired) electrons. The number of rotatable bonds is 4. The lowest BCUT2D eigenvalue weighted by Gasteiger charge is -2.38. The van der Waals surface area contributed by atoms with Crippen LogP contribution in [0.25, 0.3) is 0 Å². The van der Waals surface area contributed by atoms with E-state index < -0.39 is 17.2 Å². The summed E-state index contributed by atoms with van der Waals surface area (Å²) in [4.78, 5) is 12.5. The van der Waals surface area contributed by atoms with E-state index in [4.69, 9.17) is 4.74 Å². The lowest BCUT2D eigenvalue weighted by molar-refractivity contribution is -0.137. The average molecular weight is 407 g/mol. The Morgan fingerprint density at radius 3 is 2.63 bits per heavy atom. The molecule has 27 heavy (non-hydrogen) atoms. The first-order valence-corrected chi connectivity index (χ1v) is 9.17. The van der Waals surface area contributed by atoms with Gasteiger partial charge in [0.05, 0.1) is 11.6 Å². The van der Waals surface area contributed by atoms with Gasteiger partial charge in [-0.2, -0.15) is 13.2 Å². The fourth-order valence-electron chi connectivity index (χ4n) is 3.81. The molecule has 1 atom stereocenters. The van der Waals surface area contributed by atoms with Crippen LogP contribution in [0.5, 0.6) is 0 Å². The highest BCUT2D eigenvalue weighted by molar-refractivity contribution is 5.85. The van der Waals surface area contributed by atoms with Crippen molar-refractivity contribution in [3.63, 3.8) is 0 Å². The van der Waals surface area contributed by atoms with Crippen molar-refractivity contribution in [3.8, 4) is 0 Å². The highest BCUT2D eigenvalue weighted by atomic mass is 35.5. The third-order valence-corrected chi connectivity index (χ3v) is 5.48. The van der Waals surface area contributed by atoms with E-state index in [-0.39, 0.29) is 24.4 Å². The maximum atomic E-state index is 13.1. The van der Waals surface area contributed by atoms with Gasteiger partial charge in [0.15, 0.2) is 0 Å². The van der Waals surface area contributed by atoms with Crippen molar-refractivity contribution < 1.29 is 22.7 Å². The van der Waals surface area contributed by atoms with Crippen LogP contribution in [-0.2, 0) is 21.1 Å². The van der Waals surface area contributed by atoms with Gasteiger partial charge < -0.3 is 15.4 Å². The van der Waals surface area contributed by atoms with Gasteiger partial charge in [-0.05, 0) is 43.9 Å². The van der Waals surface area contributed by atoms with Gasteiger partial charge in [-0.3, -0.25) is 4.79 Å². The highest BCUT2D eigenvalue weighted by Crippen LogP contribution is 2.37. The van der Waals surface area contributed by atoms with Crippen molar-refractivity contribution in [2.75, 3.05) is 26.3 Å². The molecule has 152 valence electrons. The predicted octanol–water partition coefficient (Wildman–Crippen LogP) is 3.43. The van der Waals surface area contributed by atoms with E-state index in [1.165, 1.54) is 12.1 Å². The molecule has 4 nitrogen and oxygen atoms in total. The highest BCUT2D eigenvalue weighted by Gasteiger charge is 2.38. The smallest absolute Gasteiger partial charge is 0.381 e. The number of nitrogens with one attached hydrogen (secondary N) is 2. The van der Waals surface area contributed by atoms with Crippen LogP contribution in [0.15, 0.2) is 24.3 Å². The molecule has 2 aliphatic rings. The van der Waals surface area contributed by atoms with E-state index in [9.17, 15) is 18.0 Å². The van der Waals surface area contributed by atoms with Crippen molar-refractivity contribution in [1.29, 1.82) is 0 Å². The van der Waals surface area contributed by atoms with Gasteiger partial charge in [-0.25, -0.2) is 0 Å². The molecule has 1 unspecified atom stereocenters. The maximum Gasteiger partial charge on any atom is 0.416 e. The second-order valence-corrected chi connectivity index (χ2v) is 7.19. The van der Waals surface area contributed by atoms with Gasteiger partial charge >= 0.3 is 6.18 Å². The minimum absolute atomic E-state index is 0. The van der Waals surface area contributed by atoms with Crippen LogP contribution < -0.4 is 10.6 Å². The third-order valence-electron chi connectivity index (χ3n) is 5.48. The van der Waals surface area contributed by atoms with Crippen LogP contribution in [0, 0.1) is 0 Å². The third kappa shape index (κ3) is 5.36. The standard InChI is InChI=1S/C19H25F3N2O2.ClH/c20-19(21,22)15-5-3-4-14(12-15)18(7-10-26-11-8-18)13-24-17(25)16-6-1-2-9-23-16;/h3-5,12,16,23H,1-2,6-11,13H2,(H,24,25);1H. The van der Waals surface area contributed by atoms with Gasteiger partial charge in [0.1, 0.15) is 0 Å². The number of hydrogen-bond acceptors (Lipinski definition) is 3. The summed E-state index contributed by atoms with van der Waals surface area (Å²) in [5.74, 6) is -0.0671. The molecule has 2 N–H and O–H groups in total. The Kier molecular flexibility index (Phi) is 7.54. The first kappa shape index (κ1) is 22.0. The van der Waals surface area contributed by atoms with Crippen molar-refractivity contribution in [3.05, 3.63) is 35.4 Å². The number of carbonyl (C=O) groups excluding carboxylic acids is 1. The Bertz CT molecular complexity index is 628. The van der Waals surface area contributed by atoms with Gasteiger partial charge in [-0.1, -0.05) is 24.6 Å². The zero-order chi connectivity index (χ0) is 18.6. The Morgan fingerprint density at radius 1 is 1.26 bits per heavy atom. The molecule has 1 aromatic carbocycles. The van der Waals surface area contributed by atoms with E-state index in [0.29, 0.717) is 38.2 Å². The average Bonchev–Trinajstić information content (AvgIpc) is 2.67. The number of amides is 1. The van der Waals surface area contributed by atoms with Crippen molar-refractivity contribution in [2.24, 2.45) is 0 Å². The summed E-state index contributed by atoms with van der Waals surface area (Å²) < 4.78 is 44.8. The maximum absolute atomic E-state index is 13.1. The van der Waals surface area contributed by atoms with Crippen molar-refractivity contribution >= 4 is 18.3 Å². The molecule has 1 amide bonds. The summed E-state index contributed by atoms with van der Waals surface area (Å²) in [7, 11) is 0. The molecular formula is C19H26ClF3N2O2. The molecule has 0 aliphatic carbocycles. The lowest BCUT2D eigenvalue weighted by atomic mass is 9.73. The molecule has 8 heteroatoms. The second-order valence-electron chi connectivity index (χ2n) is 7.19. The molecule has 2 aliphatic heterocycles. The Balaban J connectivity index is 0.00000261. The van der Waals surface area contributed by atoms with Gasteiger partial charge in [0.25, 0.3) is 0 Å². The van der Waals surface area contributed by atoms with Gasteiger partial charge in [0, 0.05) is 25.2 Å². The Labute approximate surface area is 163 Å². The Morgan fingerprint density at radius 2 is 2.00 bits per heavy atom. The largest absolute Gasteiger partial charge is 0.416 e. The molecule has 0 saturated carbocycles. The van der Waals surface area contributed by atoms with E-state index in [1.807, 2.05) is 0 Å². The summed E-state index contributed by atoms with van der Waals surface area (Å²) in [5, 5.41) is 6.18. The van der Waals surface area contributed by atoms with Crippen LogP contribution in [0.3, 0.4) is 0 Å². The van der Waals surface area contributed by atoms with Crippen LogP contribution >= 0.6 is 12.4 Å². The molecule has 0 bridgehead atoms. The SMILES string of the molecule is Cl.O=C(NCC1(c2cccc(C(F)(F)F)c2)CCOCC1)C1CCCCN1. The first-order chi connectivity index (χ1) is 12.4. The Hall–Kier alpha value is -1.31. The minimum atomic E-state index is -4.38. The summed E-state index contributed by atoms with van der Waals surface area (Å²) in [6, 6.07) is 5.27. The lowest BCUT2D eigenvalue weighted by Crippen LogP contribution is -2.51. The van der Waals surface area contributed by atoms with Crippen LogP contribution in [0.4, 0.5) is 13.2 Å². The number of carbonyl (C=O) groups is 1. The number of piperidine rings is 1. The molecule has 3 rings (SSSR count). The van der Waals surface area contributed by atoms with Crippen LogP contribution in [0.2, 0.25) is 0 Å². The van der Waals surface area contributed by atoms with Crippen LogP contribution in [0.1, 0.15) is 43.2 Å². The topological polar surface area (TPSA) is 50.4 Å². The molecule has 0 spiro atoms. The zero-order valence-corrected chi connectivity index (χ0v) is 15.9. The minimum Gasteiger partial charge on any atom is -0.381 e. The van der Waals surface area contributed by atoms with E-state index >= 15 is 0 Å². The first-order valence-electron chi connectivity index (χ1n) is 9.17. The normalized spacial score (nSPS) is 22.6. The zero-order valence-electron chi connectivity index (χ0n) is 15.1. The quantitative estimate of drug-likeness (QED) is 0.805. The summed E-state index contributed by atoms with van der Waals surface area (Å²) in [6.07, 6.45) is -0.324. The monoisotopic (exact) mass is 406 g/mol. The van der Waals surface area contributed by atoms with E-state index in [1.54, 1.807) is 6.07 Å². The van der Waals surface area contributed by atoms with E-state index in [2.05, 4.69) is 10.6 Å². The number of halogens is 4. The summed E-state index contributed by atoms with van der Waals surface area (Å²) in [5.41, 5.74) is -0.558. The number of alkyl halides is 3. The molecule has 1 aromatic rings. The fraction of sp³-hybridized carbons (Fsp3) is 0.632. The van der Waals surface area contributed by atoms with Crippen molar-refractivity contribution in [1.82, 2.24) is 10.6 Å².